The van der Waals surface area contributed by atoms with E-state index < -0.39 is 0 Å². The van der Waals surface area contributed by atoms with Crippen LogP contribution in [0.1, 0.15) is 37.4 Å². The lowest BCUT2D eigenvalue weighted by atomic mass is 10.0. The molecule has 0 fully saturated rings. The summed E-state index contributed by atoms with van der Waals surface area (Å²) in [6, 6.07) is 0. The Balaban J connectivity index is 2.30. The summed E-state index contributed by atoms with van der Waals surface area (Å²) in [5.74, 6) is 0.668. The van der Waals surface area contributed by atoms with E-state index in [1.165, 1.54) is 0 Å². The smallest absolute Gasteiger partial charge is 0.0897 e. The summed E-state index contributed by atoms with van der Waals surface area (Å²) in [4.78, 5) is 4.34. The van der Waals surface area contributed by atoms with E-state index in [9.17, 15) is 5.11 Å². The third kappa shape index (κ3) is 4.20. The molecule has 1 unspecified atom stereocenters. The van der Waals surface area contributed by atoms with Gasteiger partial charge >= 0.3 is 0 Å². The second-order valence-corrected chi connectivity index (χ2v) is 5.25. The summed E-state index contributed by atoms with van der Waals surface area (Å²) in [5.41, 5.74) is 1.03. The van der Waals surface area contributed by atoms with Gasteiger partial charge in [-0.2, -0.15) is 0 Å². The fraction of sp³-hybridized carbons (Fsp3) is 0.727. The predicted octanol–water partition coefficient (Wildman–Crippen LogP) is 2.79. The molecular formula is C11H19NOS. The van der Waals surface area contributed by atoms with Crippen molar-refractivity contribution in [3.8, 4) is 0 Å². The molecule has 0 aromatic carbocycles. The molecule has 80 valence electrons. The zero-order chi connectivity index (χ0) is 10.6. The SMILES string of the molecule is Cc1nc(CC(O)CCC(C)C)cs1. The second kappa shape index (κ2) is 5.47. The van der Waals surface area contributed by atoms with E-state index in [1.807, 2.05) is 12.3 Å². The average molecular weight is 213 g/mol. The van der Waals surface area contributed by atoms with Crippen molar-refractivity contribution in [3.05, 3.63) is 16.1 Å². The van der Waals surface area contributed by atoms with Crippen molar-refractivity contribution in [1.29, 1.82) is 0 Å². The minimum Gasteiger partial charge on any atom is -0.393 e. The Labute approximate surface area is 90.0 Å². The average Bonchev–Trinajstić information content (AvgIpc) is 2.48. The number of aliphatic hydroxyl groups is 1. The van der Waals surface area contributed by atoms with Crippen LogP contribution in [0.3, 0.4) is 0 Å². The van der Waals surface area contributed by atoms with Gasteiger partial charge in [0, 0.05) is 11.8 Å². The van der Waals surface area contributed by atoms with Crippen molar-refractivity contribution in [2.45, 2.75) is 46.1 Å². The first-order valence-electron chi connectivity index (χ1n) is 5.17. The first kappa shape index (κ1) is 11.7. The van der Waals surface area contributed by atoms with Gasteiger partial charge in [-0.1, -0.05) is 13.8 Å². The molecule has 1 heterocycles. The number of aliphatic hydroxyl groups excluding tert-OH is 1. The Morgan fingerprint density at radius 1 is 1.43 bits per heavy atom. The van der Waals surface area contributed by atoms with Gasteiger partial charge in [-0.3, -0.25) is 0 Å². The number of nitrogens with zero attached hydrogens (tertiary/aromatic N) is 1. The van der Waals surface area contributed by atoms with Gasteiger partial charge in [-0.15, -0.1) is 11.3 Å². The normalized spacial score (nSPS) is 13.5. The molecule has 3 heteroatoms. The van der Waals surface area contributed by atoms with Crippen molar-refractivity contribution >= 4 is 11.3 Å². The number of hydrogen-bond donors (Lipinski definition) is 1. The molecule has 0 amide bonds. The first-order chi connectivity index (χ1) is 6.58. The molecule has 1 aromatic rings. The minimum absolute atomic E-state index is 0.223. The summed E-state index contributed by atoms with van der Waals surface area (Å²) in [5, 5.41) is 12.8. The van der Waals surface area contributed by atoms with Crippen LogP contribution >= 0.6 is 11.3 Å². The second-order valence-electron chi connectivity index (χ2n) is 4.19. The highest BCUT2D eigenvalue weighted by Gasteiger charge is 2.08. The van der Waals surface area contributed by atoms with Crippen molar-refractivity contribution < 1.29 is 5.11 Å². The standard InChI is InChI=1S/C11H19NOS/c1-8(2)4-5-11(13)6-10-7-14-9(3)12-10/h7-8,11,13H,4-6H2,1-3H3. The predicted molar refractivity (Wildman–Crippen MR) is 60.6 cm³/mol. The number of aryl methyl sites for hydroxylation is 1. The zero-order valence-electron chi connectivity index (χ0n) is 9.16. The molecule has 0 saturated heterocycles. The lowest BCUT2D eigenvalue weighted by Gasteiger charge is -2.10. The number of aromatic nitrogens is 1. The van der Waals surface area contributed by atoms with E-state index in [0.29, 0.717) is 12.3 Å². The van der Waals surface area contributed by atoms with Crippen LogP contribution in [-0.2, 0) is 6.42 Å². The van der Waals surface area contributed by atoms with Crippen LogP contribution in [-0.4, -0.2) is 16.2 Å². The summed E-state index contributed by atoms with van der Waals surface area (Å²) in [6.07, 6.45) is 2.45. The van der Waals surface area contributed by atoms with Crippen LogP contribution < -0.4 is 0 Å². The van der Waals surface area contributed by atoms with Gasteiger partial charge in [-0.05, 0) is 25.7 Å². The van der Waals surface area contributed by atoms with Gasteiger partial charge in [0.05, 0.1) is 16.8 Å². The highest BCUT2D eigenvalue weighted by Crippen LogP contribution is 2.13. The van der Waals surface area contributed by atoms with Gasteiger partial charge < -0.3 is 5.11 Å². The van der Waals surface area contributed by atoms with Crippen LogP contribution in [0, 0.1) is 12.8 Å². The van der Waals surface area contributed by atoms with Gasteiger partial charge in [-0.25, -0.2) is 4.98 Å². The van der Waals surface area contributed by atoms with Gasteiger partial charge in [0.2, 0.25) is 0 Å². The Bertz CT molecular complexity index is 270. The van der Waals surface area contributed by atoms with Crippen LogP contribution in [0.25, 0.3) is 0 Å². The molecule has 14 heavy (non-hydrogen) atoms. The molecule has 0 radical (unpaired) electrons. The van der Waals surface area contributed by atoms with Crippen LogP contribution in [0.2, 0.25) is 0 Å². The van der Waals surface area contributed by atoms with E-state index in [4.69, 9.17) is 0 Å². The van der Waals surface area contributed by atoms with Crippen molar-refractivity contribution in [2.24, 2.45) is 5.92 Å². The molecule has 0 aliphatic heterocycles. The maximum absolute atomic E-state index is 9.73. The van der Waals surface area contributed by atoms with Crippen molar-refractivity contribution in [1.82, 2.24) is 4.98 Å². The Morgan fingerprint density at radius 2 is 2.14 bits per heavy atom. The monoisotopic (exact) mass is 213 g/mol. The Morgan fingerprint density at radius 3 is 2.64 bits per heavy atom. The summed E-state index contributed by atoms with van der Waals surface area (Å²) < 4.78 is 0. The molecule has 0 aliphatic rings. The van der Waals surface area contributed by atoms with Gasteiger partial charge in [0.25, 0.3) is 0 Å². The molecule has 0 bridgehead atoms. The molecule has 1 rings (SSSR count). The third-order valence-electron chi connectivity index (χ3n) is 2.19. The molecule has 2 nitrogen and oxygen atoms in total. The third-order valence-corrected chi connectivity index (χ3v) is 3.01. The number of hydrogen-bond acceptors (Lipinski definition) is 3. The summed E-state index contributed by atoms with van der Waals surface area (Å²) >= 11 is 1.65. The van der Waals surface area contributed by atoms with E-state index in [0.717, 1.165) is 23.5 Å². The first-order valence-corrected chi connectivity index (χ1v) is 6.05. The molecule has 1 N–H and O–H groups in total. The van der Waals surface area contributed by atoms with Crippen molar-refractivity contribution in [2.75, 3.05) is 0 Å². The van der Waals surface area contributed by atoms with E-state index >= 15 is 0 Å². The fourth-order valence-corrected chi connectivity index (χ4v) is 2.00. The lowest BCUT2D eigenvalue weighted by molar-refractivity contribution is 0.156. The maximum Gasteiger partial charge on any atom is 0.0897 e. The molecule has 1 atom stereocenters. The van der Waals surface area contributed by atoms with E-state index in [1.54, 1.807) is 11.3 Å². The fourth-order valence-electron chi connectivity index (χ4n) is 1.37. The van der Waals surface area contributed by atoms with E-state index in [2.05, 4.69) is 18.8 Å². The highest BCUT2D eigenvalue weighted by molar-refractivity contribution is 7.09. The molecule has 0 spiro atoms. The van der Waals surface area contributed by atoms with E-state index in [-0.39, 0.29) is 6.10 Å². The topological polar surface area (TPSA) is 33.1 Å². The number of rotatable bonds is 5. The molecular weight excluding hydrogens is 194 g/mol. The Kier molecular flexibility index (Phi) is 4.55. The molecule has 0 saturated carbocycles. The highest BCUT2D eigenvalue weighted by atomic mass is 32.1. The van der Waals surface area contributed by atoms with Crippen molar-refractivity contribution in [3.63, 3.8) is 0 Å². The number of thiazole rings is 1. The zero-order valence-corrected chi connectivity index (χ0v) is 9.97. The minimum atomic E-state index is -0.223. The van der Waals surface area contributed by atoms with Gasteiger partial charge in [0.15, 0.2) is 0 Å². The molecule has 1 aromatic heterocycles. The van der Waals surface area contributed by atoms with Crippen LogP contribution in [0.15, 0.2) is 5.38 Å². The van der Waals surface area contributed by atoms with Crippen LogP contribution in [0.4, 0.5) is 0 Å². The maximum atomic E-state index is 9.73. The molecule has 0 aliphatic carbocycles. The van der Waals surface area contributed by atoms with Crippen LogP contribution in [0.5, 0.6) is 0 Å². The quantitative estimate of drug-likeness (QED) is 0.816. The Hall–Kier alpha value is -0.410. The summed E-state index contributed by atoms with van der Waals surface area (Å²) in [7, 11) is 0. The lowest BCUT2D eigenvalue weighted by Crippen LogP contribution is -2.11. The largest absolute Gasteiger partial charge is 0.393 e. The summed E-state index contributed by atoms with van der Waals surface area (Å²) in [6.45, 7) is 6.36. The van der Waals surface area contributed by atoms with Gasteiger partial charge in [0.1, 0.15) is 0 Å².